The first-order chi connectivity index (χ1) is 10.6. The number of carbonyl (C=O) groups excluding carboxylic acids is 2. The molecule has 0 aliphatic carbocycles. The molecule has 0 aromatic carbocycles. The van der Waals surface area contributed by atoms with Crippen LogP contribution in [0.2, 0.25) is 0 Å². The van der Waals surface area contributed by atoms with Gasteiger partial charge in [-0.15, -0.1) is 10.2 Å². The first-order valence-electron chi connectivity index (χ1n) is 7.68. The highest BCUT2D eigenvalue weighted by atomic mass is 32.2. The van der Waals surface area contributed by atoms with Crippen LogP contribution in [0.25, 0.3) is 0 Å². The Bertz CT molecular complexity index is 561. The fourth-order valence-electron chi connectivity index (χ4n) is 3.09. The minimum Gasteiger partial charge on any atom is -0.342 e. The van der Waals surface area contributed by atoms with Crippen molar-refractivity contribution in [3.05, 3.63) is 12.2 Å². The molecule has 0 saturated carbocycles. The largest absolute Gasteiger partial charge is 0.342 e. The Hall–Kier alpha value is -1.57. The van der Waals surface area contributed by atoms with Gasteiger partial charge in [0, 0.05) is 51.3 Å². The van der Waals surface area contributed by atoms with E-state index in [2.05, 4.69) is 10.2 Å². The molecule has 2 aliphatic heterocycles. The lowest BCUT2D eigenvalue weighted by molar-refractivity contribution is -0.132. The van der Waals surface area contributed by atoms with Crippen LogP contribution in [0.1, 0.15) is 31.0 Å². The third-order valence-corrected chi connectivity index (χ3v) is 5.22. The second kappa shape index (κ2) is 6.68. The lowest BCUT2D eigenvalue weighted by Crippen LogP contribution is -2.41. The molecule has 2 saturated heterocycles. The molecule has 1 aromatic rings. The Morgan fingerprint density at radius 2 is 2.32 bits per heavy atom. The Kier molecular flexibility index (Phi) is 4.66. The molecule has 0 N–H and O–H groups in total. The number of carbonyl (C=O) groups is 2. The number of likely N-dealkylation sites (tertiary alicyclic amines) is 1. The van der Waals surface area contributed by atoms with Crippen LogP contribution in [0, 0.1) is 0 Å². The van der Waals surface area contributed by atoms with E-state index >= 15 is 0 Å². The number of thioether (sulfide) groups is 1. The van der Waals surface area contributed by atoms with Crippen LogP contribution in [0.15, 0.2) is 6.33 Å². The van der Waals surface area contributed by atoms with Crippen molar-refractivity contribution in [1.29, 1.82) is 0 Å². The van der Waals surface area contributed by atoms with Crippen LogP contribution in [0.5, 0.6) is 0 Å². The number of hydrogen-bond acceptors (Lipinski definition) is 5. The van der Waals surface area contributed by atoms with Crippen molar-refractivity contribution in [3.8, 4) is 0 Å². The predicted octanol–water partition coefficient (Wildman–Crippen LogP) is 1.08. The second-order valence-electron chi connectivity index (χ2n) is 5.83. The van der Waals surface area contributed by atoms with Gasteiger partial charge in [0.2, 0.25) is 5.91 Å². The molecule has 2 aliphatic rings. The van der Waals surface area contributed by atoms with Crippen LogP contribution in [0.4, 0.5) is 4.79 Å². The monoisotopic (exact) mass is 323 g/mol. The van der Waals surface area contributed by atoms with Gasteiger partial charge in [-0.25, -0.2) is 0 Å². The van der Waals surface area contributed by atoms with E-state index in [1.54, 1.807) is 11.2 Å². The average Bonchev–Trinajstić information content (AvgIpc) is 3.13. The maximum atomic E-state index is 12.4. The van der Waals surface area contributed by atoms with Crippen molar-refractivity contribution in [2.45, 2.75) is 25.2 Å². The predicted molar refractivity (Wildman–Crippen MR) is 83.6 cm³/mol. The Balaban J connectivity index is 1.54. The number of aromatic nitrogens is 3. The van der Waals surface area contributed by atoms with E-state index in [0.29, 0.717) is 19.5 Å². The van der Waals surface area contributed by atoms with Crippen LogP contribution < -0.4 is 0 Å². The number of amides is 2. The molecule has 0 radical (unpaired) electrons. The van der Waals surface area contributed by atoms with Gasteiger partial charge in [0.25, 0.3) is 5.24 Å². The molecule has 7 nitrogen and oxygen atoms in total. The van der Waals surface area contributed by atoms with Gasteiger partial charge in [-0.3, -0.25) is 9.59 Å². The van der Waals surface area contributed by atoms with Gasteiger partial charge in [-0.05, 0) is 12.8 Å². The third-order valence-electron chi connectivity index (χ3n) is 4.33. The molecule has 2 fully saturated rings. The highest BCUT2D eigenvalue weighted by Crippen LogP contribution is 2.25. The first-order valence-corrected chi connectivity index (χ1v) is 8.67. The van der Waals surface area contributed by atoms with E-state index in [-0.39, 0.29) is 17.1 Å². The van der Waals surface area contributed by atoms with Crippen molar-refractivity contribution < 1.29 is 9.59 Å². The molecule has 2 amide bonds. The smallest absolute Gasteiger partial charge is 0.281 e. The molecule has 0 bridgehead atoms. The maximum absolute atomic E-state index is 12.4. The summed E-state index contributed by atoms with van der Waals surface area (Å²) in [6.07, 6.45) is 4.14. The van der Waals surface area contributed by atoms with Gasteiger partial charge < -0.3 is 14.4 Å². The lowest BCUT2D eigenvalue weighted by atomic mass is 9.97. The summed E-state index contributed by atoms with van der Waals surface area (Å²) in [6.45, 7) is 2.80. The molecule has 120 valence electrons. The van der Waals surface area contributed by atoms with E-state index in [0.717, 1.165) is 37.5 Å². The van der Waals surface area contributed by atoms with Crippen molar-refractivity contribution >= 4 is 22.9 Å². The molecule has 0 spiro atoms. The van der Waals surface area contributed by atoms with Crippen molar-refractivity contribution in [2.75, 3.05) is 31.9 Å². The van der Waals surface area contributed by atoms with Gasteiger partial charge in [-0.1, -0.05) is 11.8 Å². The van der Waals surface area contributed by atoms with Crippen molar-refractivity contribution in [1.82, 2.24) is 24.6 Å². The molecule has 8 heteroatoms. The highest BCUT2D eigenvalue weighted by Gasteiger charge is 2.28. The Labute approximate surface area is 134 Å². The normalized spacial score (nSPS) is 22.4. The Morgan fingerprint density at radius 1 is 1.45 bits per heavy atom. The van der Waals surface area contributed by atoms with Crippen LogP contribution in [-0.4, -0.2) is 67.6 Å². The number of hydrogen-bond donors (Lipinski definition) is 0. The summed E-state index contributed by atoms with van der Waals surface area (Å²) in [5.41, 5.74) is 0. The first kappa shape index (κ1) is 15.3. The van der Waals surface area contributed by atoms with Gasteiger partial charge in [0.05, 0.1) is 0 Å². The number of piperidine rings is 1. The SMILES string of the molecule is Cn1cnnc1C1CCCN(C(=O)CCN2CCSC2=O)C1. The van der Waals surface area contributed by atoms with Crippen LogP contribution in [0.3, 0.4) is 0 Å². The fourth-order valence-corrected chi connectivity index (χ4v) is 3.95. The molecular formula is C14H21N5O2S. The molecule has 1 aromatic heterocycles. The summed E-state index contributed by atoms with van der Waals surface area (Å²) in [6, 6.07) is 0. The van der Waals surface area contributed by atoms with Gasteiger partial charge in [0.15, 0.2) is 0 Å². The molecule has 3 heterocycles. The van der Waals surface area contributed by atoms with Gasteiger partial charge >= 0.3 is 0 Å². The molecular weight excluding hydrogens is 302 g/mol. The van der Waals surface area contributed by atoms with E-state index in [9.17, 15) is 9.59 Å². The van der Waals surface area contributed by atoms with Crippen molar-refractivity contribution in [2.24, 2.45) is 7.05 Å². The highest BCUT2D eigenvalue weighted by molar-refractivity contribution is 8.13. The zero-order valence-corrected chi connectivity index (χ0v) is 13.6. The van der Waals surface area contributed by atoms with E-state index < -0.39 is 0 Å². The molecule has 1 atom stereocenters. The fraction of sp³-hybridized carbons (Fsp3) is 0.714. The van der Waals surface area contributed by atoms with Crippen molar-refractivity contribution in [3.63, 3.8) is 0 Å². The average molecular weight is 323 g/mol. The summed E-state index contributed by atoms with van der Waals surface area (Å²) in [4.78, 5) is 27.6. The van der Waals surface area contributed by atoms with Crippen LogP contribution in [-0.2, 0) is 11.8 Å². The molecule has 3 rings (SSSR count). The molecule has 22 heavy (non-hydrogen) atoms. The topological polar surface area (TPSA) is 71.3 Å². The quantitative estimate of drug-likeness (QED) is 0.829. The number of rotatable bonds is 4. The van der Waals surface area contributed by atoms with Gasteiger partial charge in [-0.2, -0.15) is 0 Å². The van der Waals surface area contributed by atoms with E-state index in [4.69, 9.17) is 0 Å². The standard InChI is InChI=1S/C14H21N5O2S/c1-17-10-15-16-13(17)11-3-2-5-19(9-11)12(20)4-6-18-7-8-22-14(18)21/h10-11H,2-9H2,1H3. The summed E-state index contributed by atoms with van der Waals surface area (Å²) < 4.78 is 1.93. The molecule has 1 unspecified atom stereocenters. The second-order valence-corrected chi connectivity index (χ2v) is 6.88. The minimum atomic E-state index is 0.100. The summed E-state index contributed by atoms with van der Waals surface area (Å²) in [7, 11) is 1.94. The maximum Gasteiger partial charge on any atom is 0.281 e. The number of nitrogens with zero attached hydrogens (tertiary/aromatic N) is 5. The zero-order chi connectivity index (χ0) is 15.5. The van der Waals surface area contributed by atoms with Gasteiger partial charge in [0.1, 0.15) is 12.2 Å². The Morgan fingerprint density at radius 3 is 3.00 bits per heavy atom. The van der Waals surface area contributed by atoms with E-state index in [1.165, 1.54) is 11.8 Å². The van der Waals surface area contributed by atoms with E-state index in [1.807, 2.05) is 16.5 Å². The zero-order valence-electron chi connectivity index (χ0n) is 12.8. The minimum absolute atomic E-state index is 0.100. The summed E-state index contributed by atoms with van der Waals surface area (Å²) in [5.74, 6) is 2.18. The lowest BCUT2D eigenvalue weighted by Gasteiger charge is -2.32. The summed E-state index contributed by atoms with van der Waals surface area (Å²) >= 11 is 1.34. The number of aryl methyl sites for hydroxylation is 1. The summed E-state index contributed by atoms with van der Waals surface area (Å²) in [5, 5.41) is 8.20. The van der Waals surface area contributed by atoms with Crippen LogP contribution >= 0.6 is 11.8 Å². The third kappa shape index (κ3) is 3.26.